The first kappa shape index (κ1) is 25.1. The lowest BCUT2D eigenvalue weighted by atomic mass is 10.2. The molecule has 0 aliphatic heterocycles. The SMILES string of the molecule is CCNC(=NCC(C)N(C)Cc1ccccc1)NCCCCOCC.I. The van der Waals surface area contributed by atoms with Crippen molar-refractivity contribution < 1.29 is 4.74 Å². The zero-order chi connectivity index (χ0) is 18.3. The highest BCUT2D eigenvalue weighted by molar-refractivity contribution is 14.0. The number of benzene rings is 1. The summed E-state index contributed by atoms with van der Waals surface area (Å²) in [5.74, 6) is 0.902. The number of nitrogens with one attached hydrogen (secondary N) is 2. The monoisotopic (exact) mass is 476 g/mol. The van der Waals surface area contributed by atoms with Gasteiger partial charge in [0.15, 0.2) is 5.96 Å². The van der Waals surface area contributed by atoms with Gasteiger partial charge in [0.05, 0.1) is 6.54 Å². The molecule has 5 nitrogen and oxygen atoms in total. The molecule has 150 valence electrons. The fourth-order valence-corrected chi connectivity index (χ4v) is 2.41. The van der Waals surface area contributed by atoms with E-state index in [1.54, 1.807) is 0 Å². The summed E-state index contributed by atoms with van der Waals surface area (Å²) in [4.78, 5) is 7.07. The smallest absolute Gasteiger partial charge is 0.191 e. The van der Waals surface area contributed by atoms with E-state index in [2.05, 4.69) is 66.8 Å². The van der Waals surface area contributed by atoms with E-state index < -0.39 is 0 Å². The molecule has 1 atom stereocenters. The Labute approximate surface area is 177 Å². The third kappa shape index (κ3) is 11.7. The average molecular weight is 476 g/mol. The van der Waals surface area contributed by atoms with E-state index in [9.17, 15) is 0 Å². The van der Waals surface area contributed by atoms with Crippen LogP contribution >= 0.6 is 24.0 Å². The van der Waals surface area contributed by atoms with Crippen LogP contribution < -0.4 is 10.6 Å². The van der Waals surface area contributed by atoms with Crippen LogP contribution in [0.2, 0.25) is 0 Å². The number of halogens is 1. The molecule has 0 saturated carbocycles. The molecule has 6 heteroatoms. The van der Waals surface area contributed by atoms with Crippen LogP contribution in [-0.4, -0.2) is 56.8 Å². The quantitative estimate of drug-likeness (QED) is 0.210. The van der Waals surface area contributed by atoms with Gasteiger partial charge in [0.25, 0.3) is 0 Å². The zero-order valence-electron chi connectivity index (χ0n) is 16.8. The van der Waals surface area contributed by atoms with Crippen LogP contribution in [0.15, 0.2) is 35.3 Å². The Hall–Kier alpha value is -0.860. The molecule has 1 aromatic rings. The molecule has 0 fully saturated rings. The van der Waals surface area contributed by atoms with E-state index in [1.807, 2.05) is 6.92 Å². The highest BCUT2D eigenvalue weighted by Gasteiger charge is 2.09. The minimum atomic E-state index is 0. The van der Waals surface area contributed by atoms with E-state index in [1.165, 1.54) is 5.56 Å². The van der Waals surface area contributed by atoms with E-state index >= 15 is 0 Å². The molecule has 0 heterocycles. The molecule has 0 spiro atoms. The van der Waals surface area contributed by atoms with Gasteiger partial charge in [0.2, 0.25) is 0 Å². The maximum Gasteiger partial charge on any atom is 0.191 e. The van der Waals surface area contributed by atoms with E-state index in [-0.39, 0.29) is 24.0 Å². The molecule has 1 rings (SSSR count). The minimum Gasteiger partial charge on any atom is -0.382 e. The Morgan fingerprint density at radius 2 is 1.88 bits per heavy atom. The van der Waals surface area contributed by atoms with Gasteiger partial charge in [-0.25, -0.2) is 0 Å². The van der Waals surface area contributed by atoms with Crippen molar-refractivity contribution in [1.29, 1.82) is 0 Å². The second-order valence-electron chi connectivity index (χ2n) is 6.30. The number of aliphatic imine (C=N–C) groups is 1. The van der Waals surface area contributed by atoms with Crippen molar-refractivity contribution in [2.75, 3.05) is 39.9 Å². The number of nitrogens with zero attached hydrogens (tertiary/aromatic N) is 2. The van der Waals surface area contributed by atoms with Gasteiger partial charge in [0.1, 0.15) is 0 Å². The molecule has 0 bridgehead atoms. The second-order valence-corrected chi connectivity index (χ2v) is 6.30. The van der Waals surface area contributed by atoms with Crippen molar-refractivity contribution in [3.05, 3.63) is 35.9 Å². The molecule has 0 radical (unpaired) electrons. The summed E-state index contributed by atoms with van der Waals surface area (Å²) in [6.45, 7) is 11.5. The van der Waals surface area contributed by atoms with Gasteiger partial charge in [0, 0.05) is 38.9 Å². The van der Waals surface area contributed by atoms with E-state index in [0.717, 1.165) is 58.2 Å². The molecule has 1 aromatic carbocycles. The van der Waals surface area contributed by atoms with Crippen LogP contribution in [0, 0.1) is 0 Å². The van der Waals surface area contributed by atoms with Gasteiger partial charge in [-0.1, -0.05) is 30.3 Å². The van der Waals surface area contributed by atoms with Crippen molar-refractivity contribution in [2.24, 2.45) is 4.99 Å². The Kier molecular flexibility index (Phi) is 15.8. The summed E-state index contributed by atoms with van der Waals surface area (Å²) in [7, 11) is 2.15. The lowest BCUT2D eigenvalue weighted by molar-refractivity contribution is 0.143. The number of hydrogen-bond donors (Lipinski definition) is 2. The van der Waals surface area contributed by atoms with E-state index in [4.69, 9.17) is 9.73 Å². The standard InChI is InChI=1S/C20H36N4O.HI/c1-5-21-20(22-14-10-11-15-25-6-2)23-16-18(3)24(4)17-19-12-8-7-9-13-19;/h7-9,12-13,18H,5-6,10-11,14-17H2,1-4H3,(H2,21,22,23);1H. The van der Waals surface area contributed by atoms with Crippen molar-refractivity contribution in [2.45, 2.75) is 46.2 Å². The molecule has 0 aliphatic rings. The van der Waals surface area contributed by atoms with Gasteiger partial charge in [-0.3, -0.25) is 9.89 Å². The summed E-state index contributed by atoms with van der Waals surface area (Å²) < 4.78 is 5.36. The Bertz CT molecular complexity index is 470. The fourth-order valence-electron chi connectivity index (χ4n) is 2.41. The number of guanidine groups is 1. The van der Waals surface area contributed by atoms with Crippen molar-refractivity contribution in [3.8, 4) is 0 Å². The topological polar surface area (TPSA) is 48.9 Å². The third-order valence-corrected chi connectivity index (χ3v) is 4.10. The molecular formula is C20H37IN4O. The van der Waals surface area contributed by atoms with Crippen LogP contribution in [-0.2, 0) is 11.3 Å². The van der Waals surface area contributed by atoms with Crippen molar-refractivity contribution in [3.63, 3.8) is 0 Å². The summed E-state index contributed by atoms with van der Waals surface area (Å²) >= 11 is 0. The van der Waals surface area contributed by atoms with Gasteiger partial charge < -0.3 is 15.4 Å². The van der Waals surface area contributed by atoms with Crippen molar-refractivity contribution >= 4 is 29.9 Å². The highest BCUT2D eigenvalue weighted by atomic mass is 127. The van der Waals surface area contributed by atoms with E-state index in [0.29, 0.717) is 6.04 Å². The highest BCUT2D eigenvalue weighted by Crippen LogP contribution is 2.06. The number of hydrogen-bond acceptors (Lipinski definition) is 3. The summed E-state index contributed by atoms with van der Waals surface area (Å²) in [6, 6.07) is 10.9. The number of rotatable bonds is 12. The van der Waals surface area contributed by atoms with Gasteiger partial charge in [-0.2, -0.15) is 0 Å². The first-order chi connectivity index (χ1) is 12.2. The van der Waals surface area contributed by atoms with Gasteiger partial charge in [-0.15, -0.1) is 24.0 Å². The fraction of sp³-hybridized carbons (Fsp3) is 0.650. The molecular weight excluding hydrogens is 439 g/mol. The summed E-state index contributed by atoms with van der Waals surface area (Å²) in [5, 5.41) is 6.72. The molecule has 0 aromatic heterocycles. The summed E-state index contributed by atoms with van der Waals surface area (Å²) in [6.07, 6.45) is 2.17. The molecule has 26 heavy (non-hydrogen) atoms. The van der Waals surface area contributed by atoms with Crippen LogP contribution in [0.3, 0.4) is 0 Å². The van der Waals surface area contributed by atoms with Gasteiger partial charge in [-0.05, 0) is 46.2 Å². The Morgan fingerprint density at radius 3 is 2.54 bits per heavy atom. The van der Waals surface area contributed by atoms with Crippen LogP contribution in [0.5, 0.6) is 0 Å². The number of likely N-dealkylation sites (N-methyl/N-ethyl adjacent to an activating group) is 1. The molecule has 0 saturated heterocycles. The van der Waals surface area contributed by atoms with Gasteiger partial charge >= 0.3 is 0 Å². The largest absolute Gasteiger partial charge is 0.382 e. The Morgan fingerprint density at radius 1 is 1.15 bits per heavy atom. The number of ether oxygens (including phenoxy) is 1. The zero-order valence-corrected chi connectivity index (χ0v) is 19.2. The lowest BCUT2D eigenvalue weighted by Gasteiger charge is -2.24. The maximum absolute atomic E-state index is 5.36. The summed E-state index contributed by atoms with van der Waals surface area (Å²) in [5.41, 5.74) is 1.33. The second kappa shape index (κ2) is 16.3. The van der Waals surface area contributed by atoms with Crippen LogP contribution in [0.1, 0.15) is 39.2 Å². The predicted molar refractivity (Wildman–Crippen MR) is 122 cm³/mol. The first-order valence-corrected chi connectivity index (χ1v) is 9.51. The molecule has 0 aliphatic carbocycles. The molecule has 2 N–H and O–H groups in total. The lowest BCUT2D eigenvalue weighted by Crippen LogP contribution is -2.39. The normalized spacial score (nSPS) is 12.6. The van der Waals surface area contributed by atoms with Crippen LogP contribution in [0.4, 0.5) is 0 Å². The minimum absolute atomic E-state index is 0. The first-order valence-electron chi connectivity index (χ1n) is 9.51. The molecule has 0 amide bonds. The predicted octanol–water partition coefficient (Wildman–Crippen LogP) is 3.50. The maximum atomic E-state index is 5.36. The molecule has 1 unspecified atom stereocenters. The third-order valence-electron chi connectivity index (χ3n) is 4.10. The number of unbranched alkanes of at least 4 members (excludes halogenated alkanes) is 1. The van der Waals surface area contributed by atoms with Crippen LogP contribution in [0.25, 0.3) is 0 Å². The Balaban J connectivity index is 0.00000625. The average Bonchev–Trinajstić information content (AvgIpc) is 2.63. The van der Waals surface area contributed by atoms with Crippen molar-refractivity contribution in [1.82, 2.24) is 15.5 Å².